The molecule has 0 aliphatic heterocycles. The maximum atomic E-state index is 13.4. The van der Waals surface area contributed by atoms with Crippen molar-refractivity contribution in [2.24, 2.45) is 0 Å². The Labute approximate surface area is 99.3 Å². The lowest BCUT2D eigenvalue weighted by Gasteiger charge is -2.25. The molecule has 0 atom stereocenters. The van der Waals surface area contributed by atoms with Crippen LogP contribution in [0.5, 0.6) is 5.75 Å². The van der Waals surface area contributed by atoms with Crippen molar-refractivity contribution < 1.29 is 19.4 Å². The van der Waals surface area contributed by atoms with Gasteiger partial charge in [-0.1, -0.05) is 0 Å². The molecule has 0 saturated heterocycles. The maximum Gasteiger partial charge on any atom is 0.256 e. The van der Waals surface area contributed by atoms with Crippen molar-refractivity contribution >= 4 is 5.91 Å². The minimum atomic E-state index is -1.04. The SMILES string of the molecule is CN(CC(C)(C)O)C(=O)c1ccc(O)cc1F. The molecule has 0 radical (unpaired) electrons. The largest absolute Gasteiger partial charge is 0.508 e. The molecule has 0 bridgehead atoms. The Kier molecular flexibility index (Phi) is 3.72. The second-order valence-electron chi connectivity index (χ2n) is 4.64. The highest BCUT2D eigenvalue weighted by Crippen LogP contribution is 2.17. The van der Waals surface area contributed by atoms with Crippen LogP contribution in [0.15, 0.2) is 18.2 Å². The number of aromatic hydroxyl groups is 1. The lowest BCUT2D eigenvalue weighted by molar-refractivity contribution is 0.0365. The molecule has 0 spiro atoms. The van der Waals surface area contributed by atoms with E-state index in [4.69, 9.17) is 5.11 Å². The van der Waals surface area contributed by atoms with Gasteiger partial charge in [0.25, 0.3) is 5.91 Å². The Morgan fingerprint density at radius 1 is 1.47 bits per heavy atom. The number of benzene rings is 1. The highest BCUT2D eigenvalue weighted by molar-refractivity contribution is 5.94. The predicted molar refractivity (Wildman–Crippen MR) is 61.3 cm³/mol. The average molecular weight is 241 g/mol. The topological polar surface area (TPSA) is 60.8 Å². The number of amides is 1. The number of carbonyl (C=O) groups is 1. The molecular formula is C12H16FNO3. The van der Waals surface area contributed by atoms with Gasteiger partial charge in [0.2, 0.25) is 0 Å². The zero-order chi connectivity index (χ0) is 13.2. The molecule has 17 heavy (non-hydrogen) atoms. The van der Waals surface area contributed by atoms with Gasteiger partial charge in [-0.15, -0.1) is 0 Å². The summed E-state index contributed by atoms with van der Waals surface area (Å²) in [6.45, 7) is 3.21. The molecule has 0 aromatic heterocycles. The lowest BCUT2D eigenvalue weighted by Crippen LogP contribution is -2.40. The number of hydrogen-bond acceptors (Lipinski definition) is 3. The number of hydrogen-bond donors (Lipinski definition) is 2. The fourth-order valence-electron chi connectivity index (χ4n) is 1.54. The van der Waals surface area contributed by atoms with Gasteiger partial charge in [-0.3, -0.25) is 4.79 Å². The minimum Gasteiger partial charge on any atom is -0.508 e. The van der Waals surface area contributed by atoms with Crippen molar-refractivity contribution in [2.45, 2.75) is 19.4 Å². The zero-order valence-corrected chi connectivity index (χ0v) is 10.1. The second kappa shape index (κ2) is 4.71. The summed E-state index contributed by atoms with van der Waals surface area (Å²) in [7, 11) is 1.48. The van der Waals surface area contributed by atoms with Crippen LogP contribution in [0, 0.1) is 5.82 Å². The van der Waals surface area contributed by atoms with Crippen molar-refractivity contribution in [1.29, 1.82) is 0 Å². The predicted octanol–water partition coefficient (Wildman–Crippen LogP) is 1.37. The second-order valence-corrected chi connectivity index (χ2v) is 4.64. The summed E-state index contributed by atoms with van der Waals surface area (Å²) in [5.74, 6) is -1.55. The monoisotopic (exact) mass is 241 g/mol. The third kappa shape index (κ3) is 3.71. The number of carbonyl (C=O) groups excluding carboxylic acids is 1. The van der Waals surface area contributed by atoms with Crippen molar-refractivity contribution in [3.05, 3.63) is 29.6 Å². The summed E-state index contributed by atoms with van der Waals surface area (Å²) in [5, 5.41) is 18.6. The Morgan fingerprint density at radius 2 is 2.06 bits per heavy atom. The molecule has 1 aromatic rings. The van der Waals surface area contributed by atoms with Crippen LogP contribution in [-0.2, 0) is 0 Å². The highest BCUT2D eigenvalue weighted by Gasteiger charge is 2.22. The van der Waals surface area contributed by atoms with E-state index in [-0.39, 0.29) is 17.9 Å². The van der Waals surface area contributed by atoms with Gasteiger partial charge in [0.1, 0.15) is 11.6 Å². The first-order chi connectivity index (χ1) is 7.70. The van der Waals surface area contributed by atoms with E-state index >= 15 is 0 Å². The van der Waals surface area contributed by atoms with Crippen LogP contribution in [0.25, 0.3) is 0 Å². The fraction of sp³-hybridized carbons (Fsp3) is 0.417. The smallest absolute Gasteiger partial charge is 0.256 e. The van der Waals surface area contributed by atoms with E-state index in [0.29, 0.717) is 0 Å². The van der Waals surface area contributed by atoms with Gasteiger partial charge in [0.05, 0.1) is 11.2 Å². The lowest BCUT2D eigenvalue weighted by atomic mass is 10.1. The molecule has 0 aliphatic rings. The summed E-state index contributed by atoms with van der Waals surface area (Å²) in [6, 6.07) is 3.34. The van der Waals surface area contributed by atoms with Crippen LogP contribution in [0.2, 0.25) is 0 Å². The van der Waals surface area contributed by atoms with Gasteiger partial charge in [-0.2, -0.15) is 0 Å². The van der Waals surface area contributed by atoms with E-state index in [1.165, 1.54) is 24.1 Å². The zero-order valence-electron chi connectivity index (χ0n) is 10.1. The number of likely N-dealkylation sites (N-methyl/N-ethyl adjacent to an activating group) is 1. The van der Waals surface area contributed by atoms with Gasteiger partial charge in [-0.05, 0) is 26.0 Å². The van der Waals surface area contributed by atoms with E-state index in [1.807, 2.05) is 0 Å². The number of aliphatic hydroxyl groups is 1. The minimum absolute atomic E-state index is 0.0894. The Morgan fingerprint density at radius 3 is 2.53 bits per heavy atom. The van der Waals surface area contributed by atoms with E-state index in [0.717, 1.165) is 6.07 Å². The van der Waals surface area contributed by atoms with Gasteiger partial charge in [0.15, 0.2) is 0 Å². The van der Waals surface area contributed by atoms with E-state index < -0.39 is 17.3 Å². The molecule has 1 aromatic carbocycles. The Balaban J connectivity index is 2.89. The molecule has 0 fully saturated rings. The van der Waals surface area contributed by atoms with Crippen LogP contribution in [-0.4, -0.2) is 40.2 Å². The molecular weight excluding hydrogens is 225 g/mol. The summed E-state index contributed by atoms with van der Waals surface area (Å²) in [6.07, 6.45) is 0. The van der Waals surface area contributed by atoms with E-state index in [1.54, 1.807) is 13.8 Å². The quantitative estimate of drug-likeness (QED) is 0.840. The van der Waals surface area contributed by atoms with Crippen molar-refractivity contribution in [3.8, 4) is 5.75 Å². The van der Waals surface area contributed by atoms with Gasteiger partial charge in [-0.25, -0.2) is 4.39 Å². The summed E-state index contributed by atoms with van der Waals surface area (Å²) in [5.41, 5.74) is -1.17. The molecule has 94 valence electrons. The molecule has 5 heteroatoms. The molecule has 0 heterocycles. The maximum absolute atomic E-state index is 13.4. The number of rotatable bonds is 3. The summed E-state index contributed by atoms with van der Waals surface area (Å²) >= 11 is 0. The standard InChI is InChI=1S/C12H16FNO3/c1-12(2,17)7-14(3)11(16)9-5-4-8(15)6-10(9)13/h4-6,15,17H,7H2,1-3H3. The number of nitrogens with zero attached hydrogens (tertiary/aromatic N) is 1. The third-order valence-electron chi connectivity index (χ3n) is 2.15. The first-order valence-corrected chi connectivity index (χ1v) is 5.17. The van der Waals surface area contributed by atoms with Gasteiger partial charge in [0, 0.05) is 19.7 Å². The Hall–Kier alpha value is -1.62. The van der Waals surface area contributed by atoms with Gasteiger partial charge < -0.3 is 15.1 Å². The molecule has 1 amide bonds. The van der Waals surface area contributed by atoms with E-state index in [9.17, 15) is 14.3 Å². The van der Waals surface area contributed by atoms with Crippen molar-refractivity contribution in [1.82, 2.24) is 4.90 Å². The normalized spacial score (nSPS) is 11.4. The van der Waals surface area contributed by atoms with Crippen LogP contribution < -0.4 is 0 Å². The highest BCUT2D eigenvalue weighted by atomic mass is 19.1. The molecule has 0 saturated carbocycles. The molecule has 0 aliphatic carbocycles. The van der Waals surface area contributed by atoms with Crippen molar-refractivity contribution in [2.75, 3.05) is 13.6 Å². The number of phenolic OH excluding ortho intramolecular Hbond substituents is 1. The van der Waals surface area contributed by atoms with E-state index in [2.05, 4.69) is 0 Å². The first kappa shape index (κ1) is 13.4. The Bertz CT molecular complexity index is 426. The van der Waals surface area contributed by atoms with Crippen LogP contribution in [0.3, 0.4) is 0 Å². The molecule has 2 N–H and O–H groups in total. The third-order valence-corrected chi connectivity index (χ3v) is 2.15. The summed E-state index contributed by atoms with van der Waals surface area (Å²) < 4.78 is 13.4. The first-order valence-electron chi connectivity index (χ1n) is 5.17. The van der Waals surface area contributed by atoms with Crippen molar-refractivity contribution in [3.63, 3.8) is 0 Å². The molecule has 1 rings (SSSR count). The molecule has 0 unspecified atom stereocenters. The number of halogens is 1. The average Bonchev–Trinajstić information content (AvgIpc) is 2.14. The van der Waals surface area contributed by atoms with Crippen LogP contribution >= 0.6 is 0 Å². The van der Waals surface area contributed by atoms with Crippen LogP contribution in [0.4, 0.5) is 4.39 Å². The fourth-order valence-corrected chi connectivity index (χ4v) is 1.54. The molecule has 4 nitrogen and oxygen atoms in total. The van der Waals surface area contributed by atoms with Crippen LogP contribution in [0.1, 0.15) is 24.2 Å². The summed E-state index contributed by atoms with van der Waals surface area (Å²) in [4.78, 5) is 13.1. The number of phenols is 1. The van der Waals surface area contributed by atoms with Gasteiger partial charge >= 0.3 is 0 Å².